The number of rotatable bonds is 3. The van der Waals surface area contributed by atoms with Crippen LogP contribution in [0.3, 0.4) is 0 Å². The van der Waals surface area contributed by atoms with Crippen LogP contribution in [0.4, 0.5) is 0 Å². The molecule has 0 bridgehead atoms. The van der Waals surface area contributed by atoms with Crippen molar-refractivity contribution in [3.05, 3.63) is 217 Å². The van der Waals surface area contributed by atoms with E-state index in [4.69, 9.17) is 0 Å². The van der Waals surface area contributed by atoms with Gasteiger partial charge in [-0.05, 0) is 46.4 Å². The minimum Gasteiger partial charge on any atom is -0.0683 e. The van der Waals surface area contributed by atoms with E-state index in [1.165, 1.54) is 38.6 Å². The average molecular weight is 753 g/mol. The van der Waals surface area contributed by atoms with Gasteiger partial charge in [-0.2, -0.15) is 0 Å². The minimum atomic E-state index is 1.03. The number of hydrogen-bond donors (Lipinski definition) is 0. The molecule has 0 unspecified atom stereocenters. The molecule has 0 radical (unpaired) electrons. The van der Waals surface area contributed by atoms with E-state index in [1.54, 1.807) is 0 Å². The van der Waals surface area contributed by atoms with Crippen LogP contribution < -0.4 is 0 Å². The quantitative estimate of drug-likeness (QED) is 0.169. The van der Waals surface area contributed by atoms with Crippen LogP contribution in [0, 0.1) is 6.92 Å². The molecule has 7 aromatic rings. The molecule has 7 rings (SSSR count). The predicted octanol–water partition coefficient (Wildman–Crippen LogP) is 18.6. The molecule has 7 aromatic carbocycles. The standard InChI is InChI=1S/C13H12.C12H10.C10H8.C7H8.7C2H6/c1-3-7-12(8-4-1)11-13-9-5-2-6-10-13;1-3-7-11(8-4-1)12-9-5-2-6-10-12;1-2-6-10-8-4-3-7-9(10)5-1;1-7-5-3-2-4-6-7;7*1-2/h1-10H,11H2;1-10H;1-8H;2-6H,1H3;7*1-2H3. The molecule has 304 valence electrons. The summed E-state index contributed by atoms with van der Waals surface area (Å²) in [5.41, 5.74) is 6.61. The van der Waals surface area contributed by atoms with Crippen LogP contribution in [-0.2, 0) is 6.42 Å². The number of hydrogen-bond acceptors (Lipinski definition) is 0. The molecule has 0 spiro atoms. The number of fused-ring (bicyclic) bond motifs is 1. The molecule has 0 aliphatic heterocycles. The van der Waals surface area contributed by atoms with Crippen molar-refractivity contribution >= 4 is 10.8 Å². The van der Waals surface area contributed by atoms with Gasteiger partial charge in [-0.3, -0.25) is 0 Å². The number of aryl methyl sites for hydroxylation is 1. The van der Waals surface area contributed by atoms with Crippen molar-refractivity contribution in [3.63, 3.8) is 0 Å². The predicted molar refractivity (Wildman–Crippen MR) is 262 cm³/mol. The van der Waals surface area contributed by atoms with E-state index in [0.717, 1.165) is 6.42 Å². The maximum atomic E-state index is 2.16. The lowest BCUT2D eigenvalue weighted by Crippen LogP contribution is -1.85. The second-order valence-electron chi connectivity index (χ2n) is 9.88. The summed E-state index contributed by atoms with van der Waals surface area (Å²) in [4.78, 5) is 0. The highest BCUT2D eigenvalue weighted by Crippen LogP contribution is 2.17. The van der Waals surface area contributed by atoms with Gasteiger partial charge in [0.25, 0.3) is 0 Å². The fraction of sp³-hybridized carbons (Fsp3) is 0.286. The van der Waals surface area contributed by atoms with Crippen molar-refractivity contribution in [1.82, 2.24) is 0 Å². The molecule has 0 aliphatic carbocycles. The van der Waals surface area contributed by atoms with Gasteiger partial charge in [0.05, 0.1) is 0 Å². The highest BCUT2D eigenvalue weighted by Gasteiger charge is 1.93. The van der Waals surface area contributed by atoms with Crippen LogP contribution in [-0.4, -0.2) is 0 Å². The van der Waals surface area contributed by atoms with Gasteiger partial charge in [0.15, 0.2) is 0 Å². The van der Waals surface area contributed by atoms with Crippen molar-refractivity contribution in [2.75, 3.05) is 0 Å². The molecule has 0 heterocycles. The van der Waals surface area contributed by atoms with E-state index in [-0.39, 0.29) is 0 Å². The Hall–Kier alpha value is -5.20. The molecule has 0 fully saturated rings. The molecular formula is C56H80. The minimum absolute atomic E-state index is 1.03. The Morgan fingerprint density at radius 3 is 0.643 bits per heavy atom. The Kier molecular flexibility index (Phi) is 49.1. The van der Waals surface area contributed by atoms with E-state index in [0.29, 0.717) is 0 Å². The van der Waals surface area contributed by atoms with Crippen molar-refractivity contribution in [2.24, 2.45) is 0 Å². The molecule has 0 atom stereocenters. The first-order valence-corrected chi connectivity index (χ1v) is 21.4. The maximum absolute atomic E-state index is 2.16. The zero-order chi connectivity index (χ0) is 43.1. The molecule has 0 heteroatoms. The van der Waals surface area contributed by atoms with Crippen molar-refractivity contribution in [1.29, 1.82) is 0 Å². The lowest BCUT2D eigenvalue weighted by Gasteiger charge is -2.00. The van der Waals surface area contributed by atoms with Gasteiger partial charge < -0.3 is 0 Å². The molecule has 0 saturated heterocycles. The van der Waals surface area contributed by atoms with Crippen LogP contribution in [0.1, 0.15) is 114 Å². The Morgan fingerprint density at radius 2 is 0.429 bits per heavy atom. The molecule has 0 amide bonds. The van der Waals surface area contributed by atoms with Gasteiger partial charge in [-0.15, -0.1) is 0 Å². The third kappa shape index (κ3) is 30.2. The van der Waals surface area contributed by atoms with Crippen LogP contribution in [0.25, 0.3) is 21.9 Å². The molecule has 0 aromatic heterocycles. The van der Waals surface area contributed by atoms with Crippen LogP contribution in [0.15, 0.2) is 200 Å². The molecule has 0 aliphatic rings. The van der Waals surface area contributed by atoms with E-state index < -0.39 is 0 Å². The van der Waals surface area contributed by atoms with Crippen molar-refractivity contribution < 1.29 is 0 Å². The normalized spacial score (nSPS) is 7.98. The highest BCUT2D eigenvalue weighted by atomic mass is 14.0. The summed E-state index contributed by atoms with van der Waals surface area (Å²) in [6.45, 7) is 30.1. The molecule has 0 N–H and O–H groups in total. The second kappa shape index (κ2) is 47.8. The monoisotopic (exact) mass is 753 g/mol. The van der Waals surface area contributed by atoms with E-state index >= 15 is 0 Å². The average Bonchev–Trinajstić information content (AvgIpc) is 3.33. The first-order chi connectivity index (χ1) is 27.8. The first kappa shape index (κ1) is 57.5. The topological polar surface area (TPSA) is 0 Å². The molecule has 0 nitrogen and oxygen atoms in total. The summed E-state index contributed by atoms with van der Waals surface area (Å²) in [6, 6.07) is 68.8. The maximum Gasteiger partial charge on any atom is -0.00258 e. The third-order valence-corrected chi connectivity index (χ3v) is 6.57. The Balaban J connectivity index is -0.000000294. The second-order valence-corrected chi connectivity index (χ2v) is 9.88. The fourth-order valence-corrected chi connectivity index (χ4v) is 4.36. The Labute approximate surface area is 347 Å². The molecule has 56 heavy (non-hydrogen) atoms. The first-order valence-electron chi connectivity index (χ1n) is 21.4. The van der Waals surface area contributed by atoms with Gasteiger partial charge in [-0.1, -0.05) is 303 Å². The summed E-state index contributed by atoms with van der Waals surface area (Å²) >= 11 is 0. The van der Waals surface area contributed by atoms with Crippen LogP contribution in [0.2, 0.25) is 0 Å². The van der Waals surface area contributed by atoms with Gasteiger partial charge in [0.2, 0.25) is 0 Å². The summed E-state index contributed by atoms with van der Waals surface area (Å²) < 4.78 is 0. The van der Waals surface area contributed by atoms with E-state index in [9.17, 15) is 0 Å². The largest absolute Gasteiger partial charge is 0.0683 e. The molecule has 0 saturated carbocycles. The van der Waals surface area contributed by atoms with Gasteiger partial charge in [0, 0.05) is 0 Å². The zero-order valence-corrected chi connectivity index (χ0v) is 38.3. The van der Waals surface area contributed by atoms with Crippen molar-refractivity contribution in [2.45, 2.75) is 110 Å². The third-order valence-electron chi connectivity index (χ3n) is 6.57. The smallest absolute Gasteiger partial charge is 0.00258 e. The van der Waals surface area contributed by atoms with Crippen molar-refractivity contribution in [3.8, 4) is 11.1 Å². The lowest BCUT2D eigenvalue weighted by atomic mass is 10.1. The van der Waals surface area contributed by atoms with Crippen LogP contribution in [0.5, 0.6) is 0 Å². The Morgan fingerprint density at radius 1 is 0.232 bits per heavy atom. The molecular weight excluding hydrogens is 673 g/mol. The van der Waals surface area contributed by atoms with E-state index in [2.05, 4.69) is 177 Å². The highest BCUT2D eigenvalue weighted by molar-refractivity contribution is 5.82. The van der Waals surface area contributed by atoms with Gasteiger partial charge >= 0.3 is 0 Å². The fourth-order valence-electron chi connectivity index (χ4n) is 4.36. The summed E-state index contributed by atoms with van der Waals surface area (Å²) in [5.74, 6) is 0. The lowest BCUT2D eigenvalue weighted by molar-refractivity contribution is 1.19. The van der Waals surface area contributed by atoms with Crippen LogP contribution >= 0.6 is 0 Å². The van der Waals surface area contributed by atoms with Gasteiger partial charge in [-0.25, -0.2) is 0 Å². The summed E-state index contributed by atoms with van der Waals surface area (Å²) in [5, 5.41) is 2.62. The summed E-state index contributed by atoms with van der Waals surface area (Å²) in [7, 11) is 0. The SMILES string of the molecule is CC.CC.CC.CC.CC.CC.CC.Cc1ccccc1.c1ccc(-c2ccccc2)cc1.c1ccc(Cc2ccccc2)cc1.c1ccc2ccccc2c1. The van der Waals surface area contributed by atoms with Gasteiger partial charge in [0.1, 0.15) is 0 Å². The zero-order valence-electron chi connectivity index (χ0n) is 38.3. The Bertz CT molecular complexity index is 1520. The van der Waals surface area contributed by atoms with E-state index in [1.807, 2.05) is 127 Å². The summed E-state index contributed by atoms with van der Waals surface area (Å²) in [6.07, 6.45) is 1.03. The number of benzene rings is 7.